The predicted molar refractivity (Wildman–Crippen MR) is 72.0 cm³/mol. The van der Waals surface area contributed by atoms with Crippen LogP contribution in [0.2, 0.25) is 0 Å². The van der Waals surface area contributed by atoms with Crippen molar-refractivity contribution in [2.45, 2.75) is 4.90 Å². The van der Waals surface area contributed by atoms with Gasteiger partial charge in [0.2, 0.25) is 0 Å². The highest BCUT2D eigenvalue weighted by Crippen LogP contribution is 2.30. The van der Waals surface area contributed by atoms with Gasteiger partial charge in [-0.05, 0) is 0 Å². The van der Waals surface area contributed by atoms with Gasteiger partial charge in [-0.25, -0.2) is 12.8 Å². The Morgan fingerprint density at radius 1 is 1.43 bits per heavy atom. The van der Waals surface area contributed by atoms with Crippen LogP contribution in [-0.2, 0) is 10.0 Å². The molecule has 0 atom stereocenters. The highest BCUT2D eigenvalue weighted by molar-refractivity contribution is 7.92. The van der Waals surface area contributed by atoms with Crippen molar-refractivity contribution in [1.82, 2.24) is 10.2 Å². The molecule has 0 saturated heterocycles. The molecule has 2 aromatic rings. The van der Waals surface area contributed by atoms with Crippen molar-refractivity contribution in [2.75, 3.05) is 17.1 Å². The Hall–Kier alpha value is -2.69. The SMILES string of the molecule is CNc1cc([N+](=O)[O-])cc(F)c1S(=O)(=O)Nc1cn[nH]c1. The fourth-order valence-corrected chi connectivity index (χ4v) is 2.95. The summed E-state index contributed by atoms with van der Waals surface area (Å²) in [4.78, 5) is 9.15. The van der Waals surface area contributed by atoms with Gasteiger partial charge >= 0.3 is 0 Å². The summed E-state index contributed by atoms with van der Waals surface area (Å²) >= 11 is 0. The minimum absolute atomic E-state index is 0.106. The number of nitro groups is 1. The zero-order valence-corrected chi connectivity index (χ0v) is 11.4. The van der Waals surface area contributed by atoms with E-state index < -0.39 is 31.3 Å². The first kappa shape index (κ1) is 14.7. The lowest BCUT2D eigenvalue weighted by molar-refractivity contribution is -0.385. The van der Waals surface area contributed by atoms with Crippen molar-refractivity contribution in [2.24, 2.45) is 0 Å². The fourth-order valence-electron chi connectivity index (χ4n) is 1.66. The first-order valence-corrected chi connectivity index (χ1v) is 7.01. The Morgan fingerprint density at radius 2 is 2.14 bits per heavy atom. The maximum absolute atomic E-state index is 14.0. The van der Waals surface area contributed by atoms with Gasteiger partial charge in [0.05, 0.1) is 28.6 Å². The highest BCUT2D eigenvalue weighted by atomic mass is 32.2. The molecule has 0 saturated carbocycles. The van der Waals surface area contributed by atoms with Crippen LogP contribution in [-0.4, -0.2) is 30.6 Å². The predicted octanol–water partition coefficient (Wildman–Crippen LogP) is 1.30. The van der Waals surface area contributed by atoms with Crippen molar-refractivity contribution < 1.29 is 17.7 Å². The lowest BCUT2D eigenvalue weighted by Gasteiger charge is -2.11. The number of H-pyrrole nitrogens is 1. The van der Waals surface area contributed by atoms with Crippen molar-refractivity contribution in [3.05, 3.63) is 40.5 Å². The summed E-state index contributed by atoms with van der Waals surface area (Å²) in [5.74, 6) is -1.23. The van der Waals surface area contributed by atoms with Crippen LogP contribution in [0.15, 0.2) is 29.4 Å². The van der Waals surface area contributed by atoms with Crippen molar-refractivity contribution in [3.8, 4) is 0 Å². The normalized spacial score (nSPS) is 11.1. The molecular formula is C10H10FN5O4S. The minimum Gasteiger partial charge on any atom is -0.387 e. The summed E-state index contributed by atoms with van der Waals surface area (Å²) in [6, 6.07) is 1.48. The second-order valence-electron chi connectivity index (χ2n) is 3.90. The Labute approximate surface area is 118 Å². The van der Waals surface area contributed by atoms with E-state index in [1.807, 2.05) is 0 Å². The van der Waals surface area contributed by atoms with Crippen molar-refractivity contribution >= 4 is 27.1 Å². The third-order valence-corrected chi connectivity index (χ3v) is 3.98. The lowest BCUT2D eigenvalue weighted by Crippen LogP contribution is -2.16. The molecule has 1 heterocycles. The summed E-state index contributed by atoms with van der Waals surface area (Å²) < 4.78 is 40.5. The van der Waals surface area contributed by atoms with Gasteiger partial charge in [-0.1, -0.05) is 0 Å². The first-order chi connectivity index (χ1) is 9.85. The quantitative estimate of drug-likeness (QED) is 0.563. The summed E-state index contributed by atoms with van der Waals surface area (Å²) in [6.45, 7) is 0. The molecular weight excluding hydrogens is 305 g/mol. The van der Waals surface area contributed by atoms with Gasteiger partial charge in [0, 0.05) is 19.3 Å². The third-order valence-electron chi connectivity index (χ3n) is 2.53. The summed E-state index contributed by atoms with van der Waals surface area (Å²) in [7, 11) is -2.94. The van der Waals surface area contributed by atoms with Gasteiger partial charge in [-0.15, -0.1) is 0 Å². The van der Waals surface area contributed by atoms with Crippen LogP contribution in [0.3, 0.4) is 0 Å². The molecule has 2 rings (SSSR count). The molecule has 3 N–H and O–H groups in total. The van der Waals surface area contributed by atoms with E-state index in [4.69, 9.17) is 0 Å². The molecule has 21 heavy (non-hydrogen) atoms. The number of aromatic amines is 1. The zero-order chi connectivity index (χ0) is 15.6. The lowest BCUT2D eigenvalue weighted by atomic mass is 10.2. The maximum atomic E-state index is 14.0. The molecule has 0 spiro atoms. The zero-order valence-electron chi connectivity index (χ0n) is 10.6. The number of halogens is 1. The van der Waals surface area contributed by atoms with Crippen molar-refractivity contribution in [1.29, 1.82) is 0 Å². The van der Waals surface area contributed by atoms with E-state index >= 15 is 0 Å². The Morgan fingerprint density at radius 3 is 2.67 bits per heavy atom. The second kappa shape index (κ2) is 5.36. The molecule has 0 radical (unpaired) electrons. The van der Waals surface area contributed by atoms with Gasteiger partial charge in [0.25, 0.3) is 15.7 Å². The number of nitro benzene ring substituents is 1. The Kier molecular flexibility index (Phi) is 3.76. The number of sulfonamides is 1. The second-order valence-corrected chi connectivity index (χ2v) is 5.52. The molecule has 1 aromatic carbocycles. The van der Waals surface area contributed by atoms with Gasteiger partial charge in [0.1, 0.15) is 4.90 Å². The van der Waals surface area contributed by atoms with E-state index in [1.54, 1.807) is 0 Å². The average molecular weight is 315 g/mol. The largest absolute Gasteiger partial charge is 0.387 e. The number of non-ortho nitro benzene ring substituents is 1. The molecule has 0 amide bonds. The highest BCUT2D eigenvalue weighted by Gasteiger charge is 2.27. The van der Waals surface area contributed by atoms with Crippen LogP contribution < -0.4 is 10.0 Å². The summed E-state index contributed by atoms with van der Waals surface area (Å²) in [5, 5.41) is 19.0. The maximum Gasteiger partial charge on any atom is 0.274 e. The number of hydrogen-bond acceptors (Lipinski definition) is 6. The van der Waals surface area contributed by atoms with Gasteiger partial charge < -0.3 is 5.32 Å². The van der Waals surface area contributed by atoms with E-state index in [1.165, 1.54) is 19.4 Å². The molecule has 0 aliphatic heterocycles. The number of hydrogen-bond donors (Lipinski definition) is 3. The van der Waals surface area contributed by atoms with Crippen LogP contribution in [0.5, 0.6) is 0 Å². The molecule has 0 aliphatic rings. The van der Waals surface area contributed by atoms with Crippen molar-refractivity contribution in [3.63, 3.8) is 0 Å². The number of benzene rings is 1. The number of anilines is 2. The summed E-state index contributed by atoms with van der Waals surface area (Å²) in [6.07, 6.45) is 2.46. The summed E-state index contributed by atoms with van der Waals surface area (Å²) in [5.41, 5.74) is -0.674. The minimum atomic E-state index is -4.27. The van der Waals surface area contributed by atoms with Gasteiger partial charge in [-0.3, -0.25) is 19.9 Å². The Balaban J connectivity index is 2.54. The fraction of sp³-hybridized carbons (Fsp3) is 0.100. The van der Waals surface area contributed by atoms with E-state index in [-0.39, 0.29) is 11.4 Å². The van der Waals surface area contributed by atoms with E-state index in [0.717, 1.165) is 6.07 Å². The average Bonchev–Trinajstić information content (AvgIpc) is 2.89. The topological polar surface area (TPSA) is 130 Å². The standard InChI is InChI=1S/C10H10FN5O4S/c1-12-9-3-7(16(17)18)2-8(11)10(9)21(19,20)15-6-4-13-14-5-6/h2-5,12,15H,1H3,(H,13,14). The van der Waals surface area contributed by atoms with E-state index in [9.17, 15) is 22.9 Å². The number of aromatic nitrogens is 2. The van der Waals surface area contributed by atoms with Crippen LogP contribution in [0.1, 0.15) is 0 Å². The number of nitrogens with zero attached hydrogens (tertiary/aromatic N) is 2. The van der Waals surface area contributed by atoms with Crippen LogP contribution in [0.25, 0.3) is 0 Å². The molecule has 0 bridgehead atoms. The first-order valence-electron chi connectivity index (χ1n) is 5.52. The molecule has 0 fully saturated rings. The van der Waals surface area contributed by atoms with Gasteiger partial charge in [-0.2, -0.15) is 5.10 Å². The Bertz CT molecular complexity index is 775. The monoisotopic (exact) mass is 315 g/mol. The number of nitrogens with one attached hydrogen (secondary N) is 3. The van der Waals surface area contributed by atoms with Crippen LogP contribution in [0.4, 0.5) is 21.5 Å². The van der Waals surface area contributed by atoms with Gasteiger partial charge in [0.15, 0.2) is 5.82 Å². The van der Waals surface area contributed by atoms with Crippen LogP contribution >= 0.6 is 0 Å². The van der Waals surface area contributed by atoms with E-state index in [2.05, 4.69) is 20.2 Å². The molecule has 0 aliphatic carbocycles. The molecule has 11 heteroatoms. The smallest absolute Gasteiger partial charge is 0.274 e. The molecule has 112 valence electrons. The molecule has 1 aromatic heterocycles. The van der Waals surface area contributed by atoms with Crippen LogP contribution in [0, 0.1) is 15.9 Å². The molecule has 0 unspecified atom stereocenters. The van der Waals surface area contributed by atoms with E-state index in [0.29, 0.717) is 6.07 Å². The molecule has 9 nitrogen and oxygen atoms in total. The third kappa shape index (κ3) is 2.91. The number of rotatable bonds is 5.